The van der Waals surface area contributed by atoms with Crippen LogP contribution in [0.2, 0.25) is 0 Å². The number of imidazole rings is 1. The van der Waals surface area contributed by atoms with Crippen LogP contribution in [-0.2, 0) is 30.4 Å². The topological polar surface area (TPSA) is 307 Å². The van der Waals surface area contributed by atoms with Gasteiger partial charge >= 0.3 is 5.97 Å². The highest BCUT2D eigenvalue weighted by molar-refractivity contribution is 5.94. The van der Waals surface area contributed by atoms with Crippen LogP contribution in [0.1, 0.15) is 38.3 Å². The molecule has 0 aromatic carbocycles. The highest BCUT2D eigenvalue weighted by Crippen LogP contribution is 2.06. The Labute approximate surface area is 218 Å². The lowest BCUT2D eigenvalue weighted by molar-refractivity contribution is -0.145. The average Bonchev–Trinajstić information content (AvgIpc) is 3.34. The number of aromatic amines is 1. The number of primary amides is 1. The molecule has 0 saturated heterocycles. The maximum Gasteiger partial charge on any atom is 0.328 e. The smallest absolute Gasteiger partial charge is 0.328 e. The highest BCUT2D eigenvalue weighted by atomic mass is 16.4. The molecular weight excluding hydrogens is 504 g/mol. The van der Waals surface area contributed by atoms with Gasteiger partial charge in [0, 0.05) is 31.3 Å². The van der Waals surface area contributed by atoms with Crippen LogP contribution >= 0.6 is 0 Å². The number of nitrogens with two attached hydrogens (primary N) is 4. The van der Waals surface area contributed by atoms with Gasteiger partial charge in [0.15, 0.2) is 12.0 Å². The molecule has 1 aromatic heterocycles. The Balaban J connectivity index is 3.09. The van der Waals surface area contributed by atoms with E-state index in [1.54, 1.807) is 0 Å². The first kappa shape index (κ1) is 31.8. The SMILES string of the molecule is CC(O)C(NC(=O)C(Cc1cnc[nH]1)NC(=O)C(CCCN=C(N)N)NC(=O)C(N)CCC(N)=O)C(=O)O. The lowest BCUT2D eigenvalue weighted by atomic mass is 10.1. The molecule has 1 rings (SSSR count). The van der Waals surface area contributed by atoms with Gasteiger partial charge in [0.05, 0.1) is 18.5 Å². The van der Waals surface area contributed by atoms with Crippen molar-refractivity contribution in [2.24, 2.45) is 27.9 Å². The number of aliphatic imine (C=N–C) groups is 1. The van der Waals surface area contributed by atoms with Gasteiger partial charge in [-0.05, 0) is 26.2 Å². The van der Waals surface area contributed by atoms with Gasteiger partial charge in [-0.2, -0.15) is 0 Å². The fraction of sp³-hybridized carbons (Fsp3) is 0.571. The molecule has 17 heteroatoms. The lowest BCUT2D eigenvalue weighted by Crippen LogP contribution is -2.58. The second-order valence-corrected chi connectivity index (χ2v) is 8.53. The zero-order valence-electron chi connectivity index (χ0n) is 20.9. The molecule has 0 aliphatic carbocycles. The first-order valence-electron chi connectivity index (χ1n) is 11.7. The molecule has 0 bridgehead atoms. The molecule has 0 fully saturated rings. The molecule has 0 spiro atoms. The second-order valence-electron chi connectivity index (χ2n) is 8.53. The number of carboxylic acid groups (broad SMARTS) is 1. The van der Waals surface area contributed by atoms with Gasteiger partial charge < -0.3 is 54.1 Å². The average molecular weight is 541 g/mol. The molecule has 38 heavy (non-hydrogen) atoms. The molecule has 0 aliphatic heterocycles. The molecular formula is C21H36N10O7. The van der Waals surface area contributed by atoms with Crippen LogP contribution in [0.5, 0.6) is 0 Å². The molecule has 0 aliphatic rings. The summed E-state index contributed by atoms with van der Waals surface area (Å²) >= 11 is 0. The van der Waals surface area contributed by atoms with Crippen LogP contribution < -0.4 is 38.9 Å². The Morgan fingerprint density at radius 1 is 1.03 bits per heavy atom. The zero-order valence-corrected chi connectivity index (χ0v) is 20.9. The summed E-state index contributed by atoms with van der Waals surface area (Å²) in [6.07, 6.45) is 1.32. The van der Waals surface area contributed by atoms with Gasteiger partial charge in [-0.1, -0.05) is 0 Å². The van der Waals surface area contributed by atoms with Crippen LogP contribution in [-0.4, -0.2) is 92.6 Å². The van der Waals surface area contributed by atoms with E-state index in [0.29, 0.717) is 5.69 Å². The summed E-state index contributed by atoms with van der Waals surface area (Å²) in [5, 5.41) is 26.2. The summed E-state index contributed by atoms with van der Waals surface area (Å²) in [4.78, 5) is 71.6. The van der Waals surface area contributed by atoms with Crippen LogP contribution in [0.4, 0.5) is 0 Å². The number of carbonyl (C=O) groups excluding carboxylic acids is 4. The maximum atomic E-state index is 13.2. The molecule has 5 unspecified atom stereocenters. The van der Waals surface area contributed by atoms with Crippen molar-refractivity contribution in [1.82, 2.24) is 25.9 Å². The predicted molar refractivity (Wildman–Crippen MR) is 134 cm³/mol. The van der Waals surface area contributed by atoms with Gasteiger partial charge in [0.1, 0.15) is 12.1 Å². The number of aliphatic hydroxyl groups is 1. The van der Waals surface area contributed by atoms with Crippen molar-refractivity contribution in [1.29, 1.82) is 0 Å². The van der Waals surface area contributed by atoms with Crippen molar-refractivity contribution < 1.29 is 34.2 Å². The highest BCUT2D eigenvalue weighted by Gasteiger charge is 2.32. The van der Waals surface area contributed by atoms with Crippen molar-refractivity contribution in [2.75, 3.05) is 6.54 Å². The minimum absolute atomic E-state index is 0.0424. The zero-order chi connectivity index (χ0) is 28.8. The molecule has 14 N–H and O–H groups in total. The van der Waals surface area contributed by atoms with Crippen LogP contribution in [0.15, 0.2) is 17.5 Å². The number of hydrogen-bond donors (Lipinski definition) is 10. The van der Waals surface area contributed by atoms with Crippen LogP contribution in [0, 0.1) is 0 Å². The standard InChI is InChI=1S/C21H36N10O7/c1-10(32)16(20(37)38)31-19(36)14(7-11-8-26-9-28-11)30-18(35)13(3-2-6-27-21(24)25)29-17(34)12(22)4-5-15(23)33/h8-10,12-14,16,32H,2-7,22H2,1H3,(H2,23,33)(H,26,28)(H,29,34)(H,30,35)(H,31,36)(H,37,38)(H4,24,25,27). The molecule has 4 amide bonds. The van der Waals surface area contributed by atoms with Gasteiger partial charge in [0.25, 0.3) is 0 Å². The number of nitrogens with zero attached hydrogens (tertiary/aromatic N) is 2. The summed E-state index contributed by atoms with van der Waals surface area (Å²) in [6, 6.07) is -5.28. The molecule has 5 atom stereocenters. The van der Waals surface area contributed by atoms with Gasteiger partial charge in [0.2, 0.25) is 23.6 Å². The summed E-state index contributed by atoms with van der Waals surface area (Å²) in [5.41, 5.74) is 21.9. The van der Waals surface area contributed by atoms with Gasteiger partial charge in [-0.25, -0.2) is 9.78 Å². The quantitative estimate of drug-likeness (QED) is 0.0510. The number of aliphatic carboxylic acids is 1. The minimum atomic E-state index is -1.64. The van der Waals surface area contributed by atoms with E-state index in [1.807, 2.05) is 0 Å². The third-order valence-electron chi connectivity index (χ3n) is 5.27. The number of H-pyrrole nitrogens is 1. The minimum Gasteiger partial charge on any atom is -0.480 e. The van der Waals surface area contributed by atoms with E-state index in [1.165, 1.54) is 19.4 Å². The van der Waals surface area contributed by atoms with Crippen LogP contribution in [0.25, 0.3) is 0 Å². The Bertz CT molecular complexity index is 979. The van der Waals surface area contributed by atoms with E-state index in [4.69, 9.17) is 22.9 Å². The first-order valence-corrected chi connectivity index (χ1v) is 11.7. The molecule has 0 radical (unpaired) electrons. The van der Waals surface area contributed by atoms with Crippen molar-refractivity contribution in [2.45, 2.75) is 69.3 Å². The predicted octanol–water partition coefficient (Wildman–Crippen LogP) is -4.48. The van der Waals surface area contributed by atoms with Crippen molar-refractivity contribution in [3.8, 4) is 0 Å². The number of amides is 4. The van der Waals surface area contributed by atoms with Crippen LogP contribution in [0.3, 0.4) is 0 Å². The van der Waals surface area contributed by atoms with Crippen molar-refractivity contribution >= 4 is 35.6 Å². The number of carboxylic acids is 1. The Hall–Kier alpha value is -4.25. The van der Waals surface area contributed by atoms with Crippen molar-refractivity contribution in [3.63, 3.8) is 0 Å². The Morgan fingerprint density at radius 2 is 1.66 bits per heavy atom. The van der Waals surface area contributed by atoms with E-state index >= 15 is 0 Å². The van der Waals surface area contributed by atoms with E-state index in [-0.39, 0.29) is 44.6 Å². The molecule has 1 aromatic rings. The number of guanidine groups is 1. The number of nitrogens with one attached hydrogen (secondary N) is 4. The summed E-state index contributed by atoms with van der Waals surface area (Å²) in [6.45, 7) is 1.33. The number of aliphatic hydroxyl groups excluding tert-OH is 1. The largest absolute Gasteiger partial charge is 0.480 e. The number of hydrogen-bond acceptors (Lipinski definition) is 9. The van der Waals surface area contributed by atoms with Crippen molar-refractivity contribution in [3.05, 3.63) is 18.2 Å². The monoisotopic (exact) mass is 540 g/mol. The summed E-state index contributed by atoms with van der Waals surface area (Å²) in [5.74, 6) is -4.70. The number of rotatable bonds is 17. The number of carbonyl (C=O) groups is 5. The first-order chi connectivity index (χ1) is 17.8. The normalized spacial score (nSPS) is 14.7. The van der Waals surface area contributed by atoms with Gasteiger partial charge in [-0.15, -0.1) is 0 Å². The molecule has 212 valence electrons. The van der Waals surface area contributed by atoms with E-state index in [2.05, 4.69) is 30.9 Å². The third kappa shape index (κ3) is 11.7. The fourth-order valence-electron chi connectivity index (χ4n) is 3.22. The van der Waals surface area contributed by atoms with E-state index in [9.17, 15) is 34.2 Å². The maximum absolute atomic E-state index is 13.2. The van der Waals surface area contributed by atoms with E-state index in [0.717, 1.165) is 0 Å². The number of aromatic nitrogens is 2. The lowest BCUT2D eigenvalue weighted by Gasteiger charge is -2.25. The molecule has 1 heterocycles. The summed E-state index contributed by atoms with van der Waals surface area (Å²) in [7, 11) is 0. The van der Waals surface area contributed by atoms with Gasteiger partial charge in [-0.3, -0.25) is 24.2 Å². The Kier molecular flexibility index (Phi) is 13.2. The summed E-state index contributed by atoms with van der Waals surface area (Å²) < 4.78 is 0. The Morgan fingerprint density at radius 3 is 2.18 bits per heavy atom. The van der Waals surface area contributed by atoms with E-state index < -0.39 is 59.9 Å². The third-order valence-corrected chi connectivity index (χ3v) is 5.27. The molecule has 0 saturated carbocycles. The second kappa shape index (κ2) is 15.8. The fourth-order valence-corrected chi connectivity index (χ4v) is 3.22. The molecule has 17 nitrogen and oxygen atoms in total.